The second-order valence-electron chi connectivity index (χ2n) is 6.17. The summed E-state index contributed by atoms with van der Waals surface area (Å²) in [6.07, 6.45) is 0.889. The fraction of sp³-hybridized carbons (Fsp3) is 0.529. The molecule has 1 aliphatic heterocycles. The van der Waals surface area contributed by atoms with Crippen LogP contribution in [0.25, 0.3) is 0 Å². The van der Waals surface area contributed by atoms with Crippen LogP contribution in [0.3, 0.4) is 0 Å². The highest BCUT2D eigenvalue weighted by Gasteiger charge is 2.21. The van der Waals surface area contributed by atoms with E-state index in [-0.39, 0.29) is 17.7 Å². The van der Waals surface area contributed by atoms with Crippen molar-refractivity contribution >= 4 is 11.8 Å². The summed E-state index contributed by atoms with van der Waals surface area (Å²) < 4.78 is 0. The van der Waals surface area contributed by atoms with E-state index >= 15 is 0 Å². The van der Waals surface area contributed by atoms with E-state index in [0.29, 0.717) is 18.7 Å². The van der Waals surface area contributed by atoms with Crippen molar-refractivity contribution in [2.24, 2.45) is 5.92 Å². The van der Waals surface area contributed by atoms with Crippen molar-refractivity contribution in [1.29, 1.82) is 0 Å². The average molecular weight is 318 g/mol. The normalized spacial score (nSPS) is 17.3. The molecule has 0 radical (unpaired) electrons. The van der Waals surface area contributed by atoms with Gasteiger partial charge < -0.3 is 20.9 Å². The molecule has 1 saturated heterocycles. The van der Waals surface area contributed by atoms with E-state index in [1.165, 1.54) is 0 Å². The van der Waals surface area contributed by atoms with Gasteiger partial charge in [0.2, 0.25) is 5.91 Å². The number of carbonyl (C=O) groups excluding carboxylic acids is 2. The molecular weight excluding hydrogens is 292 g/mol. The minimum absolute atomic E-state index is 0.0625. The van der Waals surface area contributed by atoms with Gasteiger partial charge in [0.15, 0.2) is 0 Å². The van der Waals surface area contributed by atoms with Gasteiger partial charge in [0.1, 0.15) is 0 Å². The third-order valence-corrected chi connectivity index (χ3v) is 3.93. The molecule has 126 valence electrons. The third-order valence-electron chi connectivity index (χ3n) is 3.93. The summed E-state index contributed by atoms with van der Waals surface area (Å²) in [7, 11) is 3.94. The van der Waals surface area contributed by atoms with E-state index in [0.717, 1.165) is 31.6 Å². The zero-order chi connectivity index (χ0) is 16.7. The molecule has 0 spiro atoms. The van der Waals surface area contributed by atoms with Crippen LogP contribution in [-0.4, -0.2) is 57.0 Å². The van der Waals surface area contributed by atoms with Gasteiger partial charge in [-0.25, -0.2) is 0 Å². The van der Waals surface area contributed by atoms with Gasteiger partial charge in [0.05, 0.1) is 5.92 Å². The molecule has 6 heteroatoms. The minimum atomic E-state index is -0.0833. The van der Waals surface area contributed by atoms with E-state index in [9.17, 15) is 9.59 Å². The molecular formula is C17H26N4O2. The van der Waals surface area contributed by atoms with Crippen LogP contribution < -0.4 is 16.0 Å². The molecule has 2 amide bonds. The summed E-state index contributed by atoms with van der Waals surface area (Å²) in [5.74, 6) is 0.0587. The fourth-order valence-electron chi connectivity index (χ4n) is 2.53. The predicted octanol–water partition coefficient (Wildman–Crippen LogP) is 0.204. The van der Waals surface area contributed by atoms with E-state index in [1.807, 2.05) is 37.2 Å². The molecule has 1 fully saturated rings. The van der Waals surface area contributed by atoms with Gasteiger partial charge in [0.25, 0.3) is 5.91 Å². The second-order valence-corrected chi connectivity index (χ2v) is 6.17. The zero-order valence-electron chi connectivity index (χ0n) is 13.9. The third kappa shape index (κ3) is 5.65. The van der Waals surface area contributed by atoms with Crippen LogP contribution >= 0.6 is 0 Å². The van der Waals surface area contributed by atoms with Crippen molar-refractivity contribution < 1.29 is 9.59 Å². The van der Waals surface area contributed by atoms with Crippen molar-refractivity contribution in [2.75, 3.05) is 40.3 Å². The lowest BCUT2D eigenvalue weighted by Crippen LogP contribution is -2.32. The first-order valence-electron chi connectivity index (χ1n) is 8.06. The molecule has 1 aliphatic rings. The Labute approximate surface area is 137 Å². The van der Waals surface area contributed by atoms with Crippen molar-refractivity contribution in [3.05, 3.63) is 35.4 Å². The van der Waals surface area contributed by atoms with Gasteiger partial charge in [-0.1, -0.05) is 12.1 Å². The van der Waals surface area contributed by atoms with E-state index in [1.54, 1.807) is 6.07 Å². The highest BCUT2D eigenvalue weighted by molar-refractivity contribution is 5.94. The van der Waals surface area contributed by atoms with Crippen LogP contribution in [0.1, 0.15) is 22.3 Å². The van der Waals surface area contributed by atoms with Gasteiger partial charge in [-0.3, -0.25) is 9.59 Å². The van der Waals surface area contributed by atoms with Crippen LogP contribution in [0.15, 0.2) is 24.3 Å². The molecule has 0 bridgehead atoms. The minimum Gasteiger partial charge on any atom is -0.352 e. The monoisotopic (exact) mass is 318 g/mol. The Morgan fingerprint density at radius 2 is 2.13 bits per heavy atom. The van der Waals surface area contributed by atoms with Gasteiger partial charge in [-0.2, -0.15) is 0 Å². The fourth-order valence-corrected chi connectivity index (χ4v) is 2.53. The van der Waals surface area contributed by atoms with Gasteiger partial charge in [-0.15, -0.1) is 0 Å². The van der Waals surface area contributed by atoms with Crippen molar-refractivity contribution in [3.8, 4) is 0 Å². The number of hydrogen-bond donors (Lipinski definition) is 3. The number of carbonyl (C=O) groups is 2. The zero-order valence-corrected chi connectivity index (χ0v) is 13.9. The standard InChI is InChI=1S/C17H26N4O2/c1-21(2)9-8-19-16(22)14-5-3-4-13(10-14)11-20-17(23)15-6-7-18-12-15/h3-5,10,15,18H,6-9,11-12H2,1-2H3,(H,19,22)(H,20,23). The summed E-state index contributed by atoms with van der Waals surface area (Å²) in [5, 5.41) is 9.02. The first kappa shape index (κ1) is 17.4. The van der Waals surface area contributed by atoms with Crippen molar-refractivity contribution in [1.82, 2.24) is 20.9 Å². The number of hydrogen-bond acceptors (Lipinski definition) is 4. The lowest BCUT2D eigenvalue weighted by Gasteiger charge is -2.12. The van der Waals surface area contributed by atoms with Gasteiger partial charge in [0, 0.05) is 31.7 Å². The van der Waals surface area contributed by atoms with E-state index in [2.05, 4.69) is 16.0 Å². The van der Waals surface area contributed by atoms with Gasteiger partial charge >= 0.3 is 0 Å². The number of rotatable bonds is 7. The van der Waals surface area contributed by atoms with Crippen LogP contribution in [0, 0.1) is 5.92 Å². The molecule has 3 N–H and O–H groups in total. The Bertz CT molecular complexity index is 539. The smallest absolute Gasteiger partial charge is 0.251 e. The molecule has 23 heavy (non-hydrogen) atoms. The maximum atomic E-state index is 12.1. The molecule has 1 aromatic rings. The van der Waals surface area contributed by atoms with Crippen LogP contribution in [-0.2, 0) is 11.3 Å². The Hall–Kier alpha value is -1.92. The summed E-state index contributed by atoms with van der Waals surface area (Å²) >= 11 is 0. The Kier molecular flexibility index (Phi) is 6.55. The summed E-state index contributed by atoms with van der Waals surface area (Å²) in [5.41, 5.74) is 1.56. The summed E-state index contributed by atoms with van der Waals surface area (Å²) in [4.78, 5) is 26.1. The first-order valence-corrected chi connectivity index (χ1v) is 8.06. The molecule has 1 atom stereocenters. The van der Waals surface area contributed by atoms with Crippen molar-refractivity contribution in [2.45, 2.75) is 13.0 Å². The maximum absolute atomic E-state index is 12.1. The lowest BCUT2D eigenvalue weighted by molar-refractivity contribution is -0.124. The quantitative estimate of drug-likeness (QED) is 0.672. The molecule has 0 saturated carbocycles. The largest absolute Gasteiger partial charge is 0.352 e. The average Bonchev–Trinajstić information content (AvgIpc) is 3.07. The maximum Gasteiger partial charge on any atom is 0.251 e. The molecule has 1 heterocycles. The molecule has 2 rings (SSSR count). The molecule has 6 nitrogen and oxygen atoms in total. The number of nitrogens with zero attached hydrogens (tertiary/aromatic N) is 1. The predicted molar refractivity (Wildman–Crippen MR) is 90.2 cm³/mol. The summed E-state index contributed by atoms with van der Waals surface area (Å²) in [6, 6.07) is 7.39. The molecule has 1 unspecified atom stereocenters. The highest BCUT2D eigenvalue weighted by Crippen LogP contribution is 2.09. The lowest BCUT2D eigenvalue weighted by atomic mass is 10.1. The molecule has 1 aromatic carbocycles. The number of amides is 2. The Morgan fingerprint density at radius 1 is 1.30 bits per heavy atom. The van der Waals surface area contributed by atoms with Crippen LogP contribution in [0.5, 0.6) is 0 Å². The topological polar surface area (TPSA) is 73.5 Å². The number of benzene rings is 1. The SMILES string of the molecule is CN(C)CCNC(=O)c1cccc(CNC(=O)C2CCNC2)c1. The molecule has 0 aromatic heterocycles. The van der Waals surface area contributed by atoms with Crippen LogP contribution in [0.4, 0.5) is 0 Å². The Balaban J connectivity index is 1.83. The van der Waals surface area contributed by atoms with Crippen molar-refractivity contribution in [3.63, 3.8) is 0 Å². The highest BCUT2D eigenvalue weighted by atomic mass is 16.2. The van der Waals surface area contributed by atoms with Crippen LogP contribution in [0.2, 0.25) is 0 Å². The molecule has 0 aliphatic carbocycles. The number of likely N-dealkylation sites (N-methyl/N-ethyl adjacent to an activating group) is 1. The number of nitrogens with one attached hydrogen (secondary N) is 3. The van der Waals surface area contributed by atoms with Gasteiger partial charge in [-0.05, 0) is 44.8 Å². The van der Waals surface area contributed by atoms with E-state index < -0.39 is 0 Å². The summed E-state index contributed by atoms with van der Waals surface area (Å²) in [6.45, 7) is 3.52. The Morgan fingerprint density at radius 3 is 2.83 bits per heavy atom. The second kappa shape index (κ2) is 8.64. The van der Waals surface area contributed by atoms with E-state index in [4.69, 9.17) is 0 Å². The first-order chi connectivity index (χ1) is 11.1.